The molecule has 0 amide bonds. The van der Waals surface area contributed by atoms with Crippen molar-refractivity contribution in [3.05, 3.63) is 182 Å². The van der Waals surface area contributed by atoms with Gasteiger partial charge in [-0.05, 0) is 124 Å². The lowest BCUT2D eigenvalue weighted by atomic mass is 9.86. The summed E-state index contributed by atoms with van der Waals surface area (Å²) in [7, 11) is 0. The van der Waals surface area contributed by atoms with E-state index in [-0.39, 0.29) is 59.5 Å². The first-order valence-corrected chi connectivity index (χ1v) is 16.8. The molecule has 0 unspecified atom stereocenters. The summed E-state index contributed by atoms with van der Waals surface area (Å²) in [5, 5.41) is 7.72. The average molecular weight is 657 g/mol. The first kappa shape index (κ1) is 20.1. The quantitative estimate of drug-likeness (QED) is 0.171. The molecule has 0 N–H and O–H groups in total. The number of hydrogen-bond acceptors (Lipinski definition) is 1. The Bertz CT molecular complexity index is 3520. The van der Waals surface area contributed by atoms with Gasteiger partial charge in [0.25, 0.3) is 0 Å². The van der Waals surface area contributed by atoms with Gasteiger partial charge in [-0.2, -0.15) is 0 Å². The first-order chi connectivity index (χ1) is 29.4. The van der Waals surface area contributed by atoms with Crippen LogP contribution >= 0.6 is 0 Å². The Balaban J connectivity index is 1.07. The van der Waals surface area contributed by atoms with Crippen molar-refractivity contribution in [3.8, 4) is 67.1 Å². The summed E-state index contributed by atoms with van der Waals surface area (Å²) in [6.07, 6.45) is 0. The minimum Gasteiger partial charge on any atom is -0.456 e. The monoisotopic (exact) mass is 656 g/mol. The summed E-state index contributed by atoms with van der Waals surface area (Å²) in [5.41, 5.74) is 7.00. The number of rotatable bonds is 4. The highest BCUT2D eigenvalue weighted by molar-refractivity contribution is 6.27. The Kier molecular flexibility index (Phi) is 4.29. The molecule has 10 aromatic carbocycles. The van der Waals surface area contributed by atoms with Crippen molar-refractivity contribution in [1.82, 2.24) is 0 Å². The minimum atomic E-state index is -0.436. The zero-order valence-electron chi connectivity index (χ0n) is 37.0. The predicted molar refractivity (Wildman–Crippen MR) is 215 cm³/mol. The van der Waals surface area contributed by atoms with Gasteiger partial charge in [0, 0.05) is 10.9 Å². The molecule has 51 heavy (non-hydrogen) atoms. The number of hydrogen-bond donors (Lipinski definition) is 0. The molecular formula is C50H30O. The summed E-state index contributed by atoms with van der Waals surface area (Å²) >= 11 is 0. The molecule has 1 heterocycles. The van der Waals surface area contributed by atoms with Crippen LogP contribution in [0.3, 0.4) is 0 Å². The van der Waals surface area contributed by atoms with Crippen LogP contribution < -0.4 is 4.74 Å². The highest BCUT2D eigenvalue weighted by Gasteiger charge is 2.22. The van der Waals surface area contributed by atoms with Crippen LogP contribution in [-0.2, 0) is 0 Å². The normalized spacial score (nSPS) is 14.8. The van der Waals surface area contributed by atoms with E-state index in [2.05, 4.69) is 54.6 Å². The first-order valence-electron chi connectivity index (χ1n) is 21.8. The van der Waals surface area contributed by atoms with Crippen LogP contribution in [0.25, 0.3) is 98.7 Å². The fourth-order valence-electron chi connectivity index (χ4n) is 7.88. The van der Waals surface area contributed by atoms with Gasteiger partial charge in [0.2, 0.25) is 0 Å². The molecule has 0 saturated carbocycles. The maximum atomic E-state index is 8.73. The Morgan fingerprint density at radius 2 is 0.941 bits per heavy atom. The zero-order valence-corrected chi connectivity index (χ0v) is 27.0. The third-order valence-corrected chi connectivity index (χ3v) is 10.2. The number of benzene rings is 10. The molecule has 1 aliphatic heterocycles. The summed E-state index contributed by atoms with van der Waals surface area (Å²) in [5.74, 6) is 1.31. The van der Waals surface area contributed by atoms with E-state index in [1.165, 1.54) is 0 Å². The molecule has 1 heteroatoms. The van der Waals surface area contributed by atoms with Gasteiger partial charge in [-0.3, -0.25) is 0 Å². The second-order valence-electron chi connectivity index (χ2n) is 12.9. The molecule has 0 aliphatic carbocycles. The highest BCUT2D eigenvalue weighted by atomic mass is 16.5. The van der Waals surface area contributed by atoms with Gasteiger partial charge < -0.3 is 4.74 Å². The molecule has 11 rings (SSSR count). The van der Waals surface area contributed by atoms with Crippen LogP contribution in [0.4, 0.5) is 0 Å². The molecule has 0 radical (unpaired) electrons. The van der Waals surface area contributed by atoms with Gasteiger partial charge in [-0.15, -0.1) is 0 Å². The largest absolute Gasteiger partial charge is 0.456 e. The van der Waals surface area contributed by atoms with E-state index in [1.54, 1.807) is 12.1 Å². The van der Waals surface area contributed by atoms with Gasteiger partial charge >= 0.3 is 0 Å². The summed E-state index contributed by atoms with van der Waals surface area (Å²) in [6, 6.07) is 36.9. The third kappa shape index (κ3) is 4.35. The minimum absolute atomic E-state index is 0.131. The maximum absolute atomic E-state index is 8.73. The van der Waals surface area contributed by atoms with Gasteiger partial charge in [0.1, 0.15) is 11.5 Å². The number of ether oxygens (including phenoxy) is 1. The summed E-state index contributed by atoms with van der Waals surface area (Å²) < 4.78 is 90.6. The Morgan fingerprint density at radius 3 is 1.69 bits per heavy atom. The van der Waals surface area contributed by atoms with Crippen molar-refractivity contribution < 1.29 is 18.4 Å². The van der Waals surface area contributed by atoms with Crippen molar-refractivity contribution in [3.63, 3.8) is 0 Å². The van der Waals surface area contributed by atoms with Crippen molar-refractivity contribution in [2.75, 3.05) is 0 Å². The lowest BCUT2D eigenvalue weighted by Gasteiger charge is -2.23. The molecule has 0 fully saturated rings. The third-order valence-electron chi connectivity index (χ3n) is 10.2. The van der Waals surface area contributed by atoms with Crippen LogP contribution in [0.2, 0.25) is 0 Å². The van der Waals surface area contributed by atoms with E-state index in [0.717, 1.165) is 76.5 Å². The van der Waals surface area contributed by atoms with Crippen LogP contribution in [0, 0.1) is 0 Å². The molecule has 1 nitrogen and oxygen atoms in total. The standard InChI is InChI=1S/C50H30O/c1-3-9-31(10-4-1)36-21-26-46-44(29-36)45-30-39(28-38-15-8-16-47(51-46)48(38)45)35-13-7-14-37(27-35)41-23-18-34-19-24-42-40(32-11-5-2-6-12-32)22-17-33-20-25-43(41)50(34)49(33)42/h1-30H/i1D,2D,3D,4D,5D,6D,9D,10D,11D,12D. The second-order valence-corrected chi connectivity index (χ2v) is 12.9. The fraction of sp³-hybridized carbons (Fsp3) is 0. The van der Waals surface area contributed by atoms with E-state index in [4.69, 9.17) is 18.4 Å². The lowest BCUT2D eigenvalue weighted by Crippen LogP contribution is -1.98. The lowest BCUT2D eigenvalue weighted by molar-refractivity contribution is 0.487. The molecule has 236 valence electrons. The van der Waals surface area contributed by atoms with E-state index in [9.17, 15) is 0 Å². The number of fused-ring (bicyclic) bond motifs is 2. The van der Waals surface area contributed by atoms with Gasteiger partial charge in [-0.1, -0.05) is 145 Å². The fourth-order valence-corrected chi connectivity index (χ4v) is 7.88. The Labute approximate surface area is 310 Å². The Hall–Kier alpha value is -6.70. The van der Waals surface area contributed by atoms with Crippen molar-refractivity contribution in [2.24, 2.45) is 0 Å². The second kappa shape index (κ2) is 10.9. The molecule has 0 spiro atoms. The predicted octanol–water partition coefficient (Wildman–Crippen LogP) is 14.2. The van der Waals surface area contributed by atoms with Crippen LogP contribution in [-0.4, -0.2) is 0 Å². The smallest absolute Gasteiger partial charge is 0.135 e. The van der Waals surface area contributed by atoms with Crippen molar-refractivity contribution in [1.29, 1.82) is 0 Å². The molecule has 0 saturated heterocycles. The topological polar surface area (TPSA) is 9.23 Å². The van der Waals surface area contributed by atoms with Gasteiger partial charge in [-0.25, -0.2) is 0 Å². The zero-order chi connectivity index (χ0) is 42.2. The van der Waals surface area contributed by atoms with Crippen molar-refractivity contribution >= 4 is 43.1 Å². The van der Waals surface area contributed by atoms with Crippen LogP contribution in [0.1, 0.15) is 13.7 Å². The average Bonchev–Trinajstić information content (AvgIpc) is 3.28. The maximum Gasteiger partial charge on any atom is 0.135 e. The van der Waals surface area contributed by atoms with Crippen LogP contribution in [0.5, 0.6) is 11.5 Å². The van der Waals surface area contributed by atoms with Crippen LogP contribution in [0.15, 0.2) is 182 Å². The highest BCUT2D eigenvalue weighted by Crippen LogP contribution is 2.49. The van der Waals surface area contributed by atoms with Gasteiger partial charge in [0.05, 0.1) is 13.7 Å². The van der Waals surface area contributed by atoms with E-state index in [0.29, 0.717) is 22.6 Å². The van der Waals surface area contributed by atoms with E-state index < -0.39 is 12.1 Å². The molecule has 10 aromatic rings. The van der Waals surface area contributed by atoms with E-state index in [1.807, 2.05) is 54.6 Å². The molecule has 1 aliphatic rings. The summed E-state index contributed by atoms with van der Waals surface area (Å²) in [4.78, 5) is 0. The molecule has 0 bridgehead atoms. The van der Waals surface area contributed by atoms with Gasteiger partial charge in [0.15, 0.2) is 0 Å². The molecule has 0 aromatic heterocycles. The molecule has 0 atom stereocenters. The SMILES string of the molecule is [2H]c1c([2H])c([2H])c(-c2ccc3c(c2)-c2cc(-c4cccc(-c5ccc6ccc7c(-c8c([2H])c([2H])c([2H])c([2H])c8[2H])ccc8ccc5c6c87)c4)cc4cccc(c24)O3)c([2H])c1[2H]. The van der Waals surface area contributed by atoms with Crippen molar-refractivity contribution in [2.45, 2.75) is 0 Å². The summed E-state index contributed by atoms with van der Waals surface area (Å²) in [6.45, 7) is 0. The van der Waals surface area contributed by atoms with E-state index >= 15 is 0 Å². The Morgan fingerprint density at radius 1 is 0.333 bits per heavy atom. The molecular weight excluding hydrogens is 617 g/mol.